The van der Waals surface area contributed by atoms with Gasteiger partial charge in [0.2, 0.25) is 5.69 Å². The summed E-state index contributed by atoms with van der Waals surface area (Å²) >= 11 is 4.52. The van der Waals surface area contributed by atoms with E-state index in [9.17, 15) is 0 Å². The topological polar surface area (TPSA) is 3.88 Å². The van der Waals surface area contributed by atoms with Gasteiger partial charge in [-0.2, -0.15) is 4.57 Å². The molecule has 0 amide bonds. The van der Waals surface area contributed by atoms with Gasteiger partial charge in [0.05, 0.1) is 5.75 Å². The molecule has 2 rings (SSSR count). The number of halogens is 1. The van der Waals surface area contributed by atoms with Crippen LogP contribution in [0.5, 0.6) is 0 Å². The van der Waals surface area contributed by atoms with Crippen molar-refractivity contribution in [1.82, 2.24) is 0 Å². The number of rotatable bonds is 0. The molecule has 0 aromatic carbocycles. The fourth-order valence-corrected chi connectivity index (χ4v) is 3.46. The summed E-state index contributed by atoms with van der Waals surface area (Å²) in [4.78, 5) is 0. The molecule has 1 aromatic rings. The first-order valence-electron chi connectivity index (χ1n) is 3.62. The second kappa shape index (κ2) is 3.31. The summed E-state index contributed by atoms with van der Waals surface area (Å²) in [6.07, 6.45) is 2.17. The van der Waals surface area contributed by atoms with E-state index in [2.05, 4.69) is 51.6 Å². The summed E-state index contributed by atoms with van der Waals surface area (Å²) in [5.74, 6) is 1.25. The molecule has 1 atom stereocenters. The van der Waals surface area contributed by atoms with E-state index in [1.807, 2.05) is 11.8 Å². The van der Waals surface area contributed by atoms with Crippen LogP contribution in [0.25, 0.3) is 0 Å². The van der Waals surface area contributed by atoms with Crippen molar-refractivity contribution in [2.45, 2.75) is 9.80 Å². The molecule has 0 fully saturated rings. The molecule has 58 valence electrons. The molecule has 1 aliphatic rings. The van der Waals surface area contributed by atoms with Gasteiger partial charge in [-0.3, -0.25) is 0 Å². The molecule has 0 bridgehead atoms. The smallest absolute Gasteiger partial charge is 0.200 e. The number of aryl methyl sites for hydroxylation is 1. The number of nitrogens with zero attached hydrogens (tertiary/aromatic N) is 1. The Morgan fingerprint density at radius 2 is 2.45 bits per heavy atom. The highest BCUT2D eigenvalue weighted by atomic mass is 127. The van der Waals surface area contributed by atoms with Crippen LogP contribution in [0.15, 0.2) is 24.4 Å². The maximum atomic E-state index is 2.49. The molecule has 1 aliphatic heterocycles. The first-order valence-corrected chi connectivity index (χ1v) is 5.91. The highest BCUT2D eigenvalue weighted by Gasteiger charge is 2.23. The molecule has 0 saturated heterocycles. The highest BCUT2D eigenvalue weighted by Crippen LogP contribution is 2.35. The third-order valence-corrected chi connectivity index (χ3v) is 4.47. The number of fused-ring (bicyclic) bond motifs is 1. The second-order valence-electron chi connectivity index (χ2n) is 2.51. The van der Waals surface area contributed by atoms with E-state index in [1.165, 1.54) is 18.0 Å². The monoisotopic (exact) mass is 278 g/mol. The Bertz CT molecular complexity index is 264. The average Bonchev–Trinajstić information content (AvgIpc) is 2.06. The first-order chi connectivity index (χ1) is 5.38. The lowest BCUT2D eigenvalue weighted by atomic mass is 10.3. The van der Waals surface area contributed by atoms with Crippen molar-refractivity contribution in [1.29, 1.82) is 0 Å². The summed E-state index contributed by atoms with van der Waals surface area (Å²) in [5.41, 5.74) is 1.45. The predicted molar refractivity (Wildman–Crippen MR) is 55.9 cm³/mol. The third-order valence-electron chi connectivity index (χ3n) is 1.80. The fraction of sp³-hybridized carbons (Fsp3) is 0.375. The van der Waals surface area contributed by atoms with Gasteiger partial charge in [0.15, 0.2) is 12.7 Å². The lowest BCUT2D eigenvalue weighted by Crippen LogP contribution is -2.41. The number of pyridine rings is 1. The van der Waals surface area contributed by atoms with E-state index in [1.54, 1.807) is 0 Å². The van der Waals surface area contributed by atoms with Crippen molar-refractivity contribution < 1.29 is 4.57 Å². The van der Waals surface area contributed by atoms with Crippen LogP contribution in [0.4, 0.5) is 0 Å². The van der Waals surface area contributed by atoms with Crippen molar-refractivity contribution in [3.63, 3.8) is 0 Å². The Kier molecular flexibility index (Phi) is 2.36. The maximum absolute atomic E-state index is 2.49. The number of thioether (sulfide) groups is 1. The third kappa shape index (κ3) is 1.54. The van der Waals surface area contributed by atoms with E-state index in [-0.39, 0.29) is 0 Å². The molecular weight excluding hydrogens is 269 g/mol. The Morgan fingerprint density at radius 1 is 1.55 bits per heavy atom. The average molecular weight is 278 g/mol. The molecule has 3 heteroatoms. The molecule has 1 nitrogen and oxygen atoms in total. The van der Waals surface area contributed by atoms with Crippen molar-refractivity contribution >= 4 is 34.4 Å². The fourth-order valence-electron chi connectivity index (χ4n) is 1.24. The van der Waals surface area contributed by atoms with Crippen LogP contribution < -0.4 is 4.57 Å². The Morgan fingerprint density at radius 3 is 3.27 bits per heavy atom. The normalized spacial score (nSPS) is 22.8. The number of hydrogen-bond acceptors (Lipinski definition) is 1. The quantitative estimate of drug-likeness (QED) is 0.399. The number of alkyl halides is 1. The Labute approximate surface area is 84.3 Å². The van der Waals surface area contributed by atoms with Crippen molar-refractivity contribution in [2.75, 3.05) is 5.75 Å². The zero-order valence-electron chi connectivity index (χ0n) is 6.03. The number of hydrogen-bond donors (Lipinski definition) is 0. The van der Waals surface area contributed by atoms with E-state index in [0.717, 1.165) is 0 Å². The van der Waals surface area contributed by atoms with Gasteiger partial charge in [-0.1, -0.05) is 28.7 Å². The van der Waals surface area contributed by atoms with Gasteiger partial charge in [-0.05, 0) is 0 Å². The molecule has 0 saturated carbocycles. The zero-order chi connectivity index (χ0) is 7.68. The van der Waals surface area contributed by atoms with Crippen LogP contribution in [0, 0.1) is 0 Å². The minimum Gasteiger partial charge on any atom is -0.200 e. The molecule has 0 spiro atoms. The van der Waals surface area contributed by atoms with Gasteiger partial charge in [-0.15, -0.1) is 11.8 Å². The van der Waals surface area contributed by atoms with E-state index in [0.29, 0.717) is 3.26 Å². The summed E-state index contributed by atoms with van der Waals surface area (Å²) in [6, 6.07) is 6.43. The van der Waals surface area contributed by atoms with Crippen molar-refractivity contribution in [3.05, 3.63) is 30.1 Å². The van der Waals surface area contributed by atoms with Crippen LogP contribution in [0.3, 0.4) is 0 Å². The predicted octanol–water partition coefficient (Wildman–Crippen LogP) is 2.15. The van der Waals surface area contributed by atoms with Crippen LogP contribution >= 0.6 is 34.4 Å². The largest absolute Gasteiger partial charge is 0.204 e. The van der Waals surface area contributed by atoms with Crippen LogP contribution in [0.2, 0.25) is 0 Å². The summed E-state index contributed by atoms with van der Waals surface area (Å²) < 4.78 is 2.98. The number of aromatic nitrogens is 1. The maximum Gasteiger partial charge on any atom is 0.204 e. The van der Waals surface area contributed by atoms with E-state index < -0.39 is 0 Å². The highest BCUT2D eigenvalue weighted by molar-refractivity contribution is 14.1. The summed E-state index contributed by atoms with van der Waals surface area (Å²) in [6.45, 7) is 1.17. The molecule has 2 heterocycles. The lowest BCUT2D eigenvalue weighted by molar-refractivity contribution is -0.700. The minimum absolute atomic E-state index is 0.641. The van der Waals surface area contributed by atoms with Gasteiger partial charge < -0.3 is 0 Å². The molecule has 1 unspecified atom stereocenters. The molecule has 11 heavy (non-hydrogen) atoms. The van der Waals surface area contributed by atoms with Gasteiger partial charge in [-0.25, -0.2) is 0 Å². The van der Waals surface area contributed by atoms with Crippen molar-refractivity contribution in [2.24, 2.45) is 0 Å². The SMILES string of the molecule is IC1SCC[n+]2ccccc21. The van der Waals surface area contributed by atoms with Gasteiger partial charge in [0, 0.05) is 12.1 Å². The standard InChI is InChI=1S/C8H9INS/c9-8-7-3-1-2-4-10(7)5-6-11-8/h1-4,8H,5-6H2/q+1. The summed E-state index contributed by atoms with van der Waals surface area (Å²) in [7, 11) is 0. The minimum atomic E-state index is 0.641. The van der Waals surface area contributed by atoms with Crippen molar-refractivity contribution in [3.8, 4) is 0 Å². The molecule has 0 N–H and O–H groups in total. The zero-order valence-corrected chi connectivity index (χ0v) is 9.01. The van der Waals surface area contributed by atoms with Crippen LogP contribution in [-0.4, -0.2) is 5.75 Å². The van der Waals surface area contributed by atoms with Crippen LogP contribution in [-0.2, 0) is 6.54 Å². The molecular formula is C8H9INS+. The van der Waals surface area contributed by atoms with E-state index in [4.69, 9.17) is 0 Å². The summed E-state index contributed by atoms with van der Waals surface area (Å²) in [5, 5.41) is 0. The van der Waals surface area contributed by atoms with E-state index >= 15 is 0 Å². The van der Waals surface area contributed by atoms with Crippen LogP contribution in [0.1, 0.15) is 8.95 Å². The Hall–Kier alpha value is 0.230. The molecule has 0 radical (unpaired) electrons. The molecule has 1 aromatic heterocycles. The first kappa shape index (κ1) is 7.86. The Balaban J connectivity index is 2.44. The van der Waals surface area contributed by atoms with Gasteiger partial charge in [0.25, 0.3) is 0 Å². The van der Waals surface area contributed by atoms with Gasteiger partial charge >= 0.3 is 0 Å². The van der Waals surface area contributed by atoms with Gasteiger partial charge in [0.1, 0.15) is 3.26 Å². The second-order valence-corrected chi connectivity index (χ2v) is 5.81. The lowest BCUT2D eigenvalue weighted by Gasteiger charge is -2.13. The molecule has 0 aliphatic carbocycles.